The molecule has 2 saturated heterocycles. The molecule has 0 radical (unpaired) electrons. The molecular weight excluding hydrogens is 596 g/mol. The van der Waals surface area contributed by atoms with E-state index in [1.807, 2.05) is 30.5 Å². The molecule has 10 N–H and O–H groups in total. The van der Waals surface area contributed by atoms with Crippen LogP contribution in [0.3, 0.4) is 0 Å². The van der Waals surface area contributed by atoms with Crippen molar-refractivity contribution in [1.29, 1.82) is 0 Å². The van der Waals surface area contributed by atoms with Crippen LogP contribution in [0.5, 0.6) is 0 Å². The standard InChI is InChI=1S/C31H44N8O7/c32-12-4-3-9-22(27(41)37-23(31(45)46)16-26(34)40)36-28(42)24-10-5-13-38(24)30(44)25-11-6-14-39(25)29(43)20(33)15-18-17-35-21-8-2-1-7-19(18)21/h1-2,7-8,17,20,22-25,35H,3-6,9-16,32-33H2,(H2,34,40)(H,36,42)(H,37,41)(H,45,46)/t20-,22-,23-,24-,25-/m0/s1. The number of unbranched alkanes of at least 4 members (excludes halogenated alkanes) is 1. The third kappa shape index (κ3) is 8.20. The highest BCUT2D eigenvalue weighted by Gasteiger charge is 2.43. The van der Waals surface area contributed by atoms with Crippen molar-refractivity contribution in [3.63, 3.8) is 0 Å². The largest absolute Gasteiger partial charge is 0.480 e. The number of primary amides is 1. The Bertz CT molecular complexity index is 1440. The summed E-state index contributed by atoms with van der Waals surface area (Å²) in [5, 5.41) is 15.4. The molecule has 0 bridgehead atoms. The summed E-state index contributed by atoms with van der Waals surface area (Å²) in [6, 6.07) is 2.54. The molecule has 2 fully saturated rings. The Hall–Kier alpha value is -4.50. The second kappa shape index (κ2) is 15.7. The summed E-state index contributed by atoms with van der Waals surface area (Å²) in [6.45, 7) is 1.04. The smallest absolute Gasteiger partial charge is 0.326 e. The van der Waals surface area contributed by atoms with E-state index in [2.05, 4.69) is 15.6 Å². The van der Waals surface area contributed by atoms with Crippen molar-refractivity contribution in [1.82, 2.24) is 25.4 Å². The summed E-state index contributed by atoms with van der Waals surface area (Å²) >= 11 is 0. The number of para-hydroxylation sites is 1. The van der Waals surface area contributed by atoms with Crippen LogP contribution < -0.4 is 27.8 Å². The van der Waals surface area contributed by atoms with E-state index in [-0.39, 0.29) is 18.2 Å². The van der Waals surface area contributed by atoms with Crippen LogP contribution in [0.2, 0.25) is 0 Å². The number of nitrogens with zero attached hydrogens (tertiary/aromatic N) is 2. The van der Waals surface area contributed by atoms with E-state index in [4.69, 9.17) is 17.2 Å². The summed E-state index contributed by atoms with van der Waals surface area (Å²) in [7, 11) is 0. The summed E-state index contributed by atoms with van der Waals surface area (Å²) in [6.07, 6.45) is 4.67. The first-order valence-corrected chi connectivity index (χ1v) is 15.7. The minimum absolute atomic E-state index is 0.164. The van der Waals surface area contributed by atoms with Crippen LogP contribution in [0, 0.1) is 0 Å². The summed E-state index contributed by atoms with van der Waals surface area (Å²) in [5.74, 6) is -4.38. The molecule has 3 heterocycles. The average molecular weight is 641 g/mol. The van der Waals surface area contributed by atoms with Gasteiger partial charge in [-0.15, -0.1) is 0 Å². The number of hydrogen-bond donors (Lipinski definition) is 7. The molecule has 0 unspecified atom stereocenters. The first-order valence-electron chi connectivity index (χ1n) is 15.7. The Morgan fingerprint density at radius 1 is 0.957 bits per heavy atom. The average Bonchev–Trinajstić information content (AvgIpc) is 3.80. The van der Waals surface area contributed by atoms with E-state index >= 15 is 0 Å². The number of benzene rings is 1. The first kappa shape index (κ1) is 34.4. The van der Waals surface area contributed by atoms with Gasteiger partial charge in [0.15, 0.2) is 0 Å². The van der Waals surface area contributed by atoms with Crippen LogP contribution in [-0.2, 0) is 35.2 Å². The Balaban J connectivity index is 1.42. The van der Waals surface area contributed by atoms with Crippen molar-refractivity contribution < 1.29 is 33.9 Å². The van der Waals surface area contributed by atoms with Crippen molar-refractivity contribution in [3.8, 4) is 0 Å². The van der Waals surface area contributed by atoms with E-state index in [1.54, 1.807) is 0 Å². The third-order valence-electron chi connectivity index (χ3n) is 8.69. The number of aliphatic carboxylic acids is 1. The van der Waals surface area contributed by atoms with Gasteiger partial charge < -0.3 is 47.7 Å². The Morgan fingerprint density at radius 2 is 1.65 bits per heavy atom. The minimum atomic E-state index is -1.56. The Kier molecular flexibility index (Phi) is 11.7. The number of nitrogens with two attached hydrogens (primary N) is 3. The number of carboxylic acids is 1. The SMILES string of the molecule is NCCCC[C@H](NC(=O)[C@@H]1CCCN1C(=O)[C@@H]1CCCN1C(=O)[C@@H](N)Cc1c[nH]c2ccccc12)C(=O)N[C@@H](CC(N)=O)C(=O)O. The molecule has 5 amide bonds. The van der Waals surface area contributed by atoms with Gasteiger partial charge in [0.1, 0.15) is 24.2 Å². The fraction of sp³-hybridized carbons (Fsp3) is 0.548. The number of hydrogen-bond acceptors (Lipinski definition) is 8. The number of carbonyl (C=O) groups is 6. The van der Waals surface area contributed by atoms with Crippen LogP contribution in [0.4, 0.5) is 0 Å². The van der Waals surface area contributed by atoms with E-state index in [0.717, 1.165) is 16.5 Å². The minimum Gasteiger partial charge on any atom is -0.480 e. The zero-order chi connectivity index (χ0) is 33.4. The molecule has 2 aromatic rings. The van der Waals surface area contributed by atoms with Crippen LogP contribution in [-0.4, -0.2) is 105 Å². The molecule has 250 valence electrons. The summed E-state index contributed by atoms with van der Waals surface area (Å²) < 4.78 is 0. The van der Waals surface area contributed by atoms with Gasteiger partial charge >= 0.3 is 5.97 Å². The lowest BCUT2D eigenvalue weighted by Crippen LogP contribution is -2.58. The van der Waals surface area contributed by atoms with E-state index < -0.39 is 60.3 Å². The monoisotopic (exact) mass is 640 g/mol. The molecule has 0 aliphatic carbocycles. The van der Waals surface area contributed by atoms with Gasteiger partial charge in [0.2, 0.25) is 29.5 Å². The first-order chi connectivity index (χ1) is 22.0. The van der Waals surface area contributed by atoms with Crippen molar-refractivity contribution in [2.45, 2.75) is 88.0 Å². The number of nitrogens with one attached hydrogen (secondary N) is 3. The Morgan fingerprint density at radius 3 is 2.35 bits per heavy atom. The van der Waals surface area contributed by atoms with Gasteiger partial charge in [-0.3, -0.25) is 24.0 Å². The zero-order valence-corrected chi connectivity index (χ0v) is 25.8. The molecule has 5 atom stereocenters. The highest BCUT2D eigenvalue weighted by Crippen LogP contribution is 2.27. The topological polar surface area (TPSA) is 247 Å². The molecule has 4 rings (SSSR count). The van der Waals surface area contributed by atoms with Crippen LogP contribution in [0.1, 0.15) is 56.9 Å². The fourth-order valence-corrected chi connectivity index (χ4v) is 6.32. The number of fused-ring (bicyclic) bond motifs is 1. The predicted molar refractivity (Wildman–Crippen MR) is 168 cm³/mol. The second-order valence-corrected chi connectivity index (χ2v) is 12.0. The van der Waals surface area contributed by atoms with Gasteiger partial charge in [0.25, 0.3) is 0 Å². The van der Waals surface area contributed by atoms with E-state index in [9.17, 15) is 33.9 Å². The maximum Gasteiger partial charge on any atom is 0.326 e. The van der Waals surface area contributed by atoms with Crippen molar-refractivity contribution in [3.05, 3.63) is 36.0 Å². The number of H-pyrrole nitrogens is 1. The van der Waals surface area contributed by atoms with Gasteiger partial charge in [0, 0.05) is 30.2 Å². The lowest BCUT2D eigenvalue weighted by Gasteiger charge is -2.32. The molecular formula is C31H44N8O7. The zero-order valence-electron chi connectivity index (χ0n) is 25.8. The third-order valence-corrected chi connectivity index (χ3v) is 8.69. The van der Waals surface area contributed by atoms with Crippen molar-refractivity contribution >= 4 is 46.4 Å². The van der Waals surface area contributed by atoms with E-state index in [0.29, 0.717) is 64.6 Å². The molecule has 15 heteroatoms. The second-order valence-electron chi connectivity index (χ2n) is 12.0. The number of likely N-dealkylation sites (tertiary alicyclic amines) is 2. The number of aromatic nitrogens is 1. The van der Waals surface area contributed by atoms with Gasteiger partial charge in [-0.05, 0) is 69.5 Å². The number of rotatable bonds is 15. The van der Waals surface area contributed by atoms with Crippen LogP contribution in [0.15, 0.2) is 30.5 Å². The maximum absolute atomic E-state index is 13.8. The van der Waals surface area contributed by atoms with Crippen molar-refractivity contribution in [2.24, 2.45) is 17.2 Å². The molecule has 2 aliphatic heterocycles. The molecule has 1 aromatic carbocycles. The number of amides is 5. The summed E-state index contributed by atoms with van der Waals surface area (Å²) in [5.41, 5.74) is 18.9. The van der Waals surface area contributed by atoms with E-state index in [1.165, 1.54) is 9.80 Å². The number of carbonyl (C=O) groups excluding carboxylic acids is 5. The van der Waals surface area contributed by atoms with Crippen molar-refractivity contribution in [2.75, 3.05) is 19.6 Å². The molecule has 0 spiro atoms. The number of aromatic amines is 1. The maximum atomic E-state index is 13.8. The predicted octanol–water partition coefficient (Wildman–Crippen LogP) is -0.922. The quantitative estimate of drug-likeness (QED) is 0.119. The molecule has 46 heavy (non-hydrogen) atoms. The van der Waals surface area contributed by atoms with Crippen LogP contribution in [0.25, 0.3) is 10.9 Å². The fourth-order valence-electron chi connectivity index (χ4n) is 6.32. The molecule has 15 nitrogen and oxygen atoms in total. The highest BCUT2D eigenvalue weighted by molar-refractivity contribution is 5.96. The lowest BCUT2D eigenvalue weighted by atomic mass is 10.0. The summed E-state index contributed by atoms with van der Waals surface area (Å²) in [4.78, 5) is 83.0. The Labute approximate surface area is 266 Å². The van der Waals surface area contributed by atoms with Gasteiger partial charge in [-0.25, -0.2) is 4.79 Å². The lowest BCUT2D eigenvalue weighted by molar-refractivity contribution is -0.147. The molecule has 1 aromatic heterocycles. The number of carboxylic acid groups (broad SMARTS) is 1. The van der Waals surface area contributed by atoms with Gasteiger partial charge in [-0.2, -0.15) is 0 Å². The normalized spacial score (nSPS) is 19.9. The van der Waals surface area contributed by atoms with Gasteiger partial charge in [-0.1, -0.05) is 18.2 Å². The highest BCUT2D eigenvalue weighted by atomic mass is 16.4. The molecule has 0 saturated carbocycles. The molecule has 2 aliphatic rings. The van der Waals surface area contributed by atoms with Crippen LogP contribution >= 0.6 is 0 Å². The van der Waals surface area contributed by atoms with Gasteiger partial charge in [0.05, 0.1) is 12.5 Å².